The summed E-state index contributed by atoms with van der Waals surface area (Å²) >= 11 is 7.80. The van der Waals surface area contributed by atoms with Gasteiger partial charge in [0.05, 0.1) is 5.69 Å². The maximum atomic E-state index is 5.91. The van der Waals surface area contributed by atoms with Crippen LogP contribution in [-0.4, -0.2) is 6.26 Å². The molecule has 1 heterocycles. The van der Waals surface area contributed by atoms with E-state index >= 15 is 0 Å². The van der Waals surface area contributed by atoms with E-state index < -0.39 is 0 Å². The number of hydrogen-bond acceptors (Lipinski definition) is 4. The van der Waals surface area contributed by atoms with Gasteiger partial charge in [-0.05, 0) is 23.8 Å². The molecule has 0 bridgehead atoms. The van der Waals surface area contributed by atoms with Crippen LogP contribution < -0.4 is 5.73 Å². The van der Waals surface area contributed by atoms with Crippen molar-refractivity contribution in [2.75, 3.05) is 12.0 Å². The normalized spacial score (nSPS) is 10.9. The smallest absolute Gasteiger partial charge is 0.0538 e. The number of thiol groups is 1. The molecule has 1 aromatic heterocycles. The van der Waals surface area contributed by atoms with Gasteiger partial charge in [0.15, 0.2) is 0 Å². The quantitative estimate of drug-likeness (QED) is 0.443. The first-order valence-corrected chi connectivity index (χ1v) is 6.32. The highest BCUT2D eigenvalue weighted by molar-refractivity contribution is 7.99. The summed E-state index contributed by atoms with van der Waals surface area (Å²) in [5.74, 6) is 0. The van der Waals surface area contributed by atoms with Gasteiger partial charge in [-0.25, -0.2) is 0 Å². The molecule has 0 spiro atoms. The predicted molar refractivity (Wildman–Crippen MR) is 65.3 cm³/mol. The zero-order valence-corrected chi connectivity index (χ0v) is 9.60. The molecule has 1 aromatic carbocycles. The second-order valence-electron chi connectivity index (χ2n) is 2.68. The molecule has 2 rings (SSSR count). The van der Waals surface area contributed by atoms with Crippen LogP contribution in [0.25, 0.3) is 10.1 Å². The van der Waals surface area contributed by atoms with Gasteiger partial charge in [0.2, 0.25) is 0 Å². The SMILES string of the molecule is CSc1cc(S)c(N)c2ccsc12. The summed E-state index contributed by atoms with van der Waals surface area (Å²) in [6.07, 6.45) is 2.07. The van der Waals surface area contributed by atoms with Crippen molar-refractivity contribution in [3.63, 3.8) is 0 Å². The average Bonchev–Trinajstić information content (AvgIpc) is 2.60. The average molecular weight is 227 g/mol. The molecule has 0 radical (unpaired) electrons. The standard InChI is InChI=1S/C9H9NS3/c1-12-7-4-6(11)8(10)5-2-3-13-9(5)7/h2-4,11H,10H2,1H3. The van der Waals surface area contributed by atoms with Crippen LogP contribution in [0.2, 0.25) is 0 Å². The Morgan fingerprint density at radius 1 is 1.54 bits per heavy atom. The first-order valence-electron chi connectivity index (χ1n) is 3.76. The number of thioether (sulfide) groups is 1. The predicted octanol–water partition coefficient (Wildman–Crippen LogP) is 3.49. The lowest BCUT2D eigenvalue weighted by Crippen LogP contribution is -1.88. The minimum atomic E-state index is 0.789. The Morgan fingerprint density at radius 2 is 2.31 bits per heavy atom. The van der Waals surface area contributed by atoms with Gasteiger partial charge in [-0.15, -0.1) is 35.7 Å². The van der Waals surface area contributed by atoms with Gasteiger partial charge >= 0.3 is 0 Å². The zero-order valence-electron chi connectivity index (χ0n) is 7.07. The van der Waals surface area contributed by atoms with Gasteiger partial charge in [-0.2, -0.15) is 0 Å². The number of benzene rings is 1. The third-order valence-corrected chi connectivity index (χ3v) is 4.15. The van der Waals surface area contributed by atoms with Crippen LogP contribution in [0.1, 0.15) is 0 Å². The fraction of sp³-hybridized carbons (Fsp3) is 0.111. The molecule has 2 aromatic rings. The molecule has 0 unspecified atom stereocenters. The first kappa shape index (κ1) is 9.24. The van der Waals surface area contributed by atoms with E-state index in [1.165, 1.54) is 9.60 Å². The molecule has 0 fully saturated rings. The number of rotatable bonds is 1. The van der Waals surface area contributed by atoms with Crippen LogP contribution in [0.15, 0.2) is 27.3 Å². The second kappa shape index (κ2) is 3.44. The van der Waals surface area contributed by atoms with Crippen LogP contribution in [0.4, 0.5) is 5.69 Å². The van der Waals surface area contributed by atoms with Crippen LogP contribution in [0.3, 0.4) is 0 Å². The molecule has 0 saturated carbocycles. The molecule has 4 heteroatoms. The first-order chi connectivity index (χ1) is 6.24. The molecule has 0 saturated heterocycles. The van der Waals surface area contributed by atoms with Crippen molar-refractivity contribution in [1.82, 2.24) is 0 Å². The summed E-state index contributed by atoms with van der Waals surface area (Å²) in [6.45, 7) is 0. The lowest BCUT2D eigenvalue weighted by molar-refractivity contribution is 1.43. The lowest BCUT2D eigenvalue weighted by Gasteiger charge is -2.04. The van der Waals surface area contributed by atoms with E-state index in [2.05, 4.69) is 30.3 Å². The summed E-state index contributed by atoms with van der Waals surface area (Å²) in [5.41, 5.74) is 6.70. The topological polar surface area (TPSA) is 26.0 Å². The number of fused-ring (bicyclic) bond motifs is 1. The van der Waals surface area contributed by atoms with Crippen molar-refractivity contribution >= 4 is 51.5 Å². The fourth-order valence-electron chi connectivity index (χ4n) is 1.27. The number of nitrogen functional groups attached to an aromatic ring is 1. The molecule has 0 atom stereocenters. The second-order valence-corrected chi connectivity index (χ2v) is 4.92. The highest BCUT2D eigenvalue weighted by atomic mass is 32.2. The van der Waals surface area contributed by atoms with Gasteiger partial charge in [-0.3, -0.25) is 0 Å². The number of hydrogen-bond donors (Lipinski definition) is 2. The summed E-state index contributed by atoms with van der Waals surface area (Å²) in [7, 11) is 0. The van der Waals surface area contributed by atoms with Gasteiger partial charge < -0.3 is 5.73 Å². The van der Waals surface area contributed by atoms with Crippen molar-refractivity contribution in [2.45, 2.75) is 9.79 Å². The number of anilines is 1. The van der Waals surface area contributed by atoms with E-state index in [1.54, 1.807) is 23.1 Å². The summed E-state index contributed by atoms with van der Waals surface area (Å²) in [5, 5.41) is 3.19. The van der Waals surface area contributed by atoms with E-state index in [9.17, 15) is 0 Å². The van der Waals surface area contributed by atoms with E-state index in [4.69, 9.17) is 5.73 Å². The Hall–Kier alpha value is -0.320. The Kier molecular flexibility index (Phi) is 2.45. The third-order valence-electron chi connectivity index (χ3n) is 1.94. The van der Waals surface area contributed by atoms with Crippen molar-refractivity contribution in [3.8, 4) is 0 Å². The molecule has 13 heavy (non-hydrogen) atoms. The van der Waals surface area contributed by atoms with Crippen molar-refractivity contribution < 1.29 is 0 Å². The van der Waals surface area contributed by atoms with E-state index in [0.717, 1.165) is 16.0 Å². The van der Waals surface area contributed by atoms with Crippen LogP contribution in [0, 0.1) is 0 Å². The maximum Gasteiger partial charge on any atom is 0.0538 e. The fourth-order valence-corrected chi connectivity index (χ4v) is 3.35. The number of nitrogens with two attached hydrogens (primary N) is 1. The Bertz CT molecular complexity index is 447. The molecule has 0 aliphatic rings. The molecular formula is C9H9NS3. The van der Waals surface area contributed by atoms with Crippen LogP contribution in [-0.2, 0) is 0 Å². The van der Waals surface area contributed by atoms with Gasteiger partial charge in [0, 0.05) is 19.9 Å². The largest absolute Gasteiger partial charge is 0.397 e. The molecule has 1 nitrogen and oxygen atoms in total. The van der Waals surface area contributed by atoms with Crippen molar-refractivity contribution in [2.24, 2.45) is 0 Å². The van der Waals surface area contributed by atoms with Gasteiger partial charge in [0.25, 0.3) is 0 Å². The molecule has 0 aliphatic heterocycles. The molecule has 68 valence electrons. The van der Waals surface area contributed by atoms with Crippen LogP contribution in [0.5, 0.6) is 0 Å². The number of thiophene rings is 1. The molecule has 0 aliphatic carbocycles. The molecular weight excluding hydrogens is 218 g/mol. The van der Waals surface area contributed by atoms with Crippen LogP contribution >= 0.6 is 35.7 Å². The highest BCUT2D eigenvalue weighted by Gasteiger charge is 2.07. The molecule has 2 N–H and O–H groups in total. The Labute approximate surface area is 90.7 Å². The van der Waals surface area contributed by atoms with Crippen molar-refractivity contribution in [3.05, 3.63) is 17.5 Å². The highest BCUT2D eigenvalue weighted by Crippen LogP contribution is 2.37. The Balaban J connectivity index is 2.87. The minimum Gasteiger partial charge on any atom is -0.397 e. The summed E-state index contributed by atoms with van der Waals surface area (Å²) in [6, 6.07) is 4.08. The Morgan fingerprint density at radius 3 is 3.00 bits per heavy atom. The zero-order chi connectivity index (χ0) is 9.42. The summed E-state index contributed by atoms with van der Waals surface area (Å²) in [4.78, 5) is 2.12. The lowest BCUT2D eigenvalue weighted by atomic mass is 10.2. The molecule has 0 amide bonds. The van der Waals surface area contributed by atoms with E-state index in [0.29, 0.717) is 0 Å². The van der Waals surface area contributed by atoms with Crippen molar-refractivity contribution in [1.29, 1.82) is 0 Å². The van der Waals surface area contributed by atoms with Gasteiger partial charge in [-0.1, -0.05) is 0 Å². The van der Waals surface area contributed by atoms with E-state index in [-0.39, 0.29) is 0 Å². The van der Waals surface area contributed by atoms with E-state index in [1.807, 2.05) is 6.07 Å². The monoisotopic (exact) mass is 227 g/mol. The summed E-state index contributed by atoms with van der Waals surface area (Å²) < 4.78 is 1.27. The van der Waals surface area contributed by atoms with Gasteiger partial charge in [0.1, 0.15) is 0 Å². The minimum absolute atomic E-state index is 0.789. The third kappa shape index (κ3) is 1.43. The maximum absolute atomic E-state index is 5.91.